The Morgan fingerprint density at radius 2 is 1.40 bits per heavy atom. The molecule has 0 spiro atoms. The molecule has 0 saturated heterocycles. The first-order valence-corrected chi connectivity index (χ1v) is 5.21. The van der Waals surface area contributed by atoms with E-state index in [2.05, 4.69) is 16.2 Å². The van der Waals surface area contributed by atoms with Gasteiger partial charge in [0.15, 0.2) is 0 Å². The van der Waals surface area contributed by atoms with Crippen molar-refractivity contribution in [2.24, 2.45) is 5.92 Å². The fraction of sp³-hybridized carbons (Fsp3) is 1.00. The minimum absolute atomic E-state index is 0.936. The van der Waals surface area contributed by atoms with Gasteiger partial charge in [-0.1, -0.05) is 33.6 Å². The second kappa shape index (κ2) is 6.16. The maximum absolute atomic E-state index is 2.92. The smallest absolute Gasteiger partial charge is 0.0264 e. The Kier molecular flexibility index (Phi) is 6.43. The lowest BCUT2D eigenvalue weighted by atomic mass is 9.91. The summed E-state index contributed by atoms with van der Waals surface area (Å²) in [5, 5.41) is 0. The average Bonchev–Trinajstić information content (AvgIpc) is 2.00. The fourth-order valence-electron chi connectivity index (χ4n) is 1.29. The summed E-state index contributed by atoms with van der Waals surface area (Å²) in [6, 6.07) is 0. The van der Waals surface area contributed by atoms with Crippen LogP contribution in [-0.4, -0.2) is 5.66 Å². The first-order valence-electron chi connectivity index (χ1n) is 4.54. The van der Waals surface area contributed by atoms with Gasteiger partial charge in [-0.05, 0) is 24.4 Å². The van der Waals surface area contributed by atoms with Gasteiger partial charge in [-0.15, -0.1) is 9.24 Å². The predicted octanol–water partition coefficient (Wildman–Crippen LogP) is 3.47. The van der Waals surface area contributed by atoms with Gasteiger partial charge >= 0.3 is 0 Å². The maximum atomic E-state index is 2.92. The molecule has 1 heteroatoms. The molecule has 0 bridgehead atoms. The largest absolute Gasteiger partial charge is 0.134 e. The normalized spacial score (nSPS) is 32.4. The molecule has 1 rings (SSSR count). The molecule has 1 unspecified atom stereocenters. The van der Waals surface area contributed by atoms with Crippen LogP contribution in [0.3, 0.4) is 0 Å². The highest BCUT2D eigenvalue weighted by Crippen LogP contribution is 2.27. The van der Waals surface area contributed by atoms with Crippen molar-refractivity contribution in [3.63, 3.8) is 0 Å². The molecule has 1 fully saturated rings. The zero-order valence-electron chi connectivity index (χ0n) is 7.56. The summed E-state index contributed by atoms with van der Waals surface area (Å²) in [6.07, 6.45) is 5.78. The lowest BCUT2D eigenvalue weighted by Crippen LogP contribution is -2.10. The van der Waals surface area contributed by atoms with Gasteiger partial charge in [-0.3, -0.25) is 0 Å². The van der Waals surface area contributed by atoms with Crippen LogP contribution in [0.15, 0.2) is 0 Å². The summed E-state index contributed by atoms with van der Waals surface area (Å²) in [7, 11) is 2.92. The molecule has 1 saturated carbocycles. The lowest BCUT2D eigenvalue weighted by Gasteiger charge is -2.22. The van der Waals surface area contributed by atoms with E-state index < -0.39 is 0 Å². The molecule has 62 valence electrons. The van der Waals surface area contributed by atoms with Crippen LogP contribution in [-0.2, 0) is 0 Å². The highest BCUT2D eigenvalue weighted by Gasteiger charge is 2.13. The van der Waals surface area contributed by atoms with Crippen molar-refractivity contribution >= 4 is 9.24 Å². The van der Waals surface area contributed by atoms with E-state index in [9.17, 15) is 0 Å². The minimum atomic E-state index is 0.936. The van der Waals surface area contributed by atoms with Crippen molar-refractivity contribution in [1.82, 2.24) is 0 Å². The standard InChI is InChI=1S/C7H15P.C2H6/c1-6-2-4-7(8)5-3-6;1-2/h6-7H,2-5,8H2,1H3;1-2H3. The predicted molar refractivity (Wildman–Crippen MR) is 52.5 cm³/mol. The molecule has 0 N–H and O–H groups in total. The molecular weight excluding hydrogens is 139 g/mol. The molecule has 0 aromatic carbocycles. The molecule has 0 radical (unpaired) electrons. The van der Waals surface area contributed by atoms with Crippen LogP contribution in [0, 0.1) is 5.92 Å². The molecule has 0 aromatic heterocycles. The van der Waals surface area contributed by atoms with Crippen LogP contribution in [0.5, 0.6) is 0 Å². The van der Waals surface area contributed by atoms with E-state index in [1.54, 1.807) is 0 Å². The molecule has 1 aliphatic carbocycles. The summed E-state index contributed by atoms with van der Waals surface area (Å²) in [5.41, 5.74) is 0.936. The quantitative estimate of drug-likeness (QED) is 0.476. The number of hydrogen-bond donors (Lipinski definition) is 0. The first-order chi connectivity index (χ1) is 4.79. The molecule has 0 amide bonds. The second-order valence-corrected chi connectivity index (χ2v) is 3.96. The molecule has 0 nitrogen and oxygen atoms in total. The van der Waals surface area contributed by atoms with Gasteiger partial charge in [0.05, 0.1) is 0 Å². The monoisotopic (exact) mass is 160 g/mol. The van der Waals surface area contributed by atoms with E-state index in [1.807, 2.05) is 13.8 Å². The molecule has 0 aliphatic heterocycles. The minimum Gasteiger partial charge on any atom is -0.134 e. The van der Waals surface area contributed by atoms with Crippen LogP contribution < -0.4 is 0 Å². The summed E-state index contributed by atoms with van der Waals surface area (Å²) >= 11 is 0. The Balaban J connectivity index is 0.000000371. The third kappa shape index (κ3) is 4.28. The van der Waals surface area contributed by atoms with Gasteiger partial charge < -0.3 is 0 Å². The Labute approximate surface area is 68.0 Å². The summed E-state index contributed by atoms with van der Waals surface area (Å²) in [5.74, 6) is 1.01. The van der Waals surface area contributed by atoms with Gasteiger partial charge in [-0.2, -0.15) is 0 Å². The van der Waals surface area contributed by atoms with E-state index in [-0.39, 0.29) is 0 Å². The van der Waals surface area contributed by atoms with Crippen LogP contribution in [0.4, 0.5) is 0 Å². The summed E-state index contributed by atoms with van der Waals surface area (Å²) in [6.45, 7) is 6.36. The third-order valence-corrected chi connectivity index (χ3v) is 2.73. The van der Waals surface area contributed by atoms with Crippen LogP contribution in [0.1, 0.15) is 46.5 Å². The molecule has 1 atom stereocenters. The highest BCUT2D eigenvalue weighted by atomic mass is 31.0. The number of rotatable bonds is 0. The van der Waals surface area contributed by atoms with Crippen molar-refractivity contribution < 1.29 is 0 Å². The molecule has 1 aliphatic rings. The van der Waals surface area contributed by atoms with Gasteiger partial charge in [0.2, 0.25) is 0 Å². The Hall–Kier alpha value is 0.430. The molecule has 0 heterocycles. The van der Waals surface area contributed by atoms with Crippen LogP contribution >= 0.6 is 9.24 Å². The highest BCUT2D eigenvalue weighted by molar-refractivity contribution is 7.17. The van der Waals surface area contributed by atoms with E-state index in [4.69, 9.17) is 0 Å². The average molecular weight is 160 g/mol. The fourth-order valence-corrected chi connectivity index (χ4v) is 1.67. The number of hydrogen-bond acceptors (Lipinski definition) is 0. The topological polar surface area (TPSA) is 0 Å². The van der Waals surface area contributed by atoms with Crippen molar-refractivity contribution in [1.29, 1.82) is 0 Å². The third-order valence-electron chi connectivity index (χ3n) is 2.06. The maximum Gasteiger partial charge on any atom is -0.0264 e. The summed E-state index contributed by atoms with van der Waals surface area (Å²) < 4.78 is 0. The second-order valence-electron chi connectivity index (χ2n) is 3.02. The Morgan fingerprint density at radius 1 is 1.00 bits per heavy atom. The van der Waals surface area contributed by atoms with Crippen molar-refractivity contribution in [2.75, 3.05) is 0 Å². The summed E-state index contributed by atoms with van der Waals surface area (Å²) in [4.78, 5) is 0. The van der Waals surface area contributed by atoms with E-state index >= 15 is 0 Å². The first kappa shape index (κ1) is 10.4. The Morgan fingerprint density at radius 3 is 1.70 bits per heavy atom. The molecular formula is C9H21P. The van der Waals surface area contributed by atoms with Crippen molar-refractivity contribution in [3.05, 3.63) is 0 Å². The zero-order valence-corrected chi connectivity index (χ0v) is 8.72. The SMILES string of the molecule is CC.CC1CCC(P)CC1. The van der Waals surface area contributed by atoms with Gasteiger partial charge in [0.1, 0.15) is 0 Å². The zero-order chi connectivity index (χ0) is 7.98. The molecule has 10 heavy (non-hydrogen) atoms. The van der Waals surface area contributed by atoms with E-state index in [0.29, 0.717) is 0 Å². The van der Waals surface area contributed by atoms with Crippen molar-refractivity contribution in [3.8, 4) is 0 Å². The van der Waals surface area contributed by atoms with E-state index in [0.717, 1.165) is 11.6 Å². The lowest BCUT2D eigenvalue weighted by molar-refractivity contribution is 0.393. The van der Waals surface area contributed by atoms with E-state index in [1.165, 1.54) is 25.7 Å². The van der Waals surface area contributed by atoms with Crippen LogP contribution in [0.25, 0.3) is 0 Å². The molecule has 0 aromatic rings. The van der Waals surface area contributed by atoms with Crippen molar-refractivity contribution in [2.45, 2.75) is 52.1 Å². The van der Waals surface area contributed by atoms with Gasteiger partial charge in [0.25, 0.3) is 0 Å². The van der Waals surface area contributed by atoms with Gasteiger partial charge in [-0.25, -0.2) is 0 Å². The van der Waals surface area contributed by atoms with Gasteiger partial charge in [0, 0.05) is 0 Å². The Bertz CT molecular complexity index is 53.1. The van der Waals surface area contributed by atoms with Crippen LogP contribution in [0.2, 0.25) is 0 Å².